The summed E-state index contributed by atoms with van der Waals surface area (Å²) in [6.45, 7) is 0.403. The van der Waals surface area contributed by atoms with Crippen molar-refractivity contribution in [3.63, 3.8) is 0 Å². The van der Waals surface area contributed by atoms with Crippen LogP contribution in [0.25, 0.3) is 0 Å². The zero-order valence-electron chi connectivity index (χ0n) is 9.38. The average Bonchev–Trinajstić information content (AvgIpc) is 2.38. The van der Waals surface area contributed by atoms with E-state index < -0.39 is 5.97 Å². The van der Waals surface area contributed by atoms with Crippen LogP contribution >= 0.6 is 0 Å². The van der Waals surface area contributed by atoms with E-state index in [0.29, 0.717) is 6.54 Å². The molecule has 0 fully saturated rings. The third kappa shape index (κ3) is 2.73. The van der Waals surface area contributed by atoms with Gasteiger partial charge in [0.2, 0.25) is 0 Å². The molecule has 0 atom stereocenters. The summed E-state index contributed by atoms with van der Waals surface area (Å²) in [5, 5.41) is 11.6. The van der Waals surface area contributed by atoms with E-state index in [1.165, 1.54) is 24.5 Å². The van der Waals surface area contributed by atoms with Crippen LogP contribution in [0.4, 0.5) is 5.82 Å². The molecular weight excluding hydrogens is 234 g/mol. The molecule has 1 aromatic heterocycles. The maximum Gasteiger partial charge on any atom is 0.335 e. The maximum atomic E-state index is 11.3. The number of hydrogen-bond donors (Lipinski definition) is 3. The monoisotopic (exact) mass is 245 g/mol. The Hall–Kier alpha value is -2.63. The molecule has 0 saturated carbocycles. The number of aromatic nitrogens is 2. The smallest absolute Gasteiger partial charge is 0.335 e. The van der Waals surface area contributed by atoms with Crippen molar-refractivity contribution < 1.29 is 9.90 Å². The Morgan fingerprint density at radius 1 is 1.33 bits per heavy atom. The molecule has 0 spiro atoms. The molecule has 0 radical (unpaired) electrons. The van der Waals surface area contributed by atoms with E-state index in [-0.39, 0.29) is 16.9 Å². The van der Waals surface area contributed by atoms with Gasteiger partial charge in [-0.2, -0.15) is 0 Å². The van der Waals surface area contributed by atoms with E-state index in [2.05, 4.69) is 15.3 Å². The molecule has 3 N–H and O–H groups in total. The fourth-order valence-corrected chi connectivity index (χ4v) is 1.43. The lowest BCUT2D eigenvalue weighted by atomic mass is 10.1. The third-order valence-corrected chi connectivity index (χ3v) is 2.37. The van der Waals surface area contributed by atoms with Crippen LogP contribution < -0.4 is 10.9 Å². The highest BCUT2D eigenvalue weighted by molar-refractivity contribution is 5.87. The van der Waals surface area contributed by atoms with Gasteiger partial charge in [0.1, 0.15) is 0 Å². The fraction of sp³-hybridized carbons (Fsp3) is 0.0833. The highest BCUT2D eigenvalue weighted by Gasteiger charge is 2.02. The van der Waals surface area contributed by atoms with Crippen LogP contribution in [0.1, 0.15) is 15.9 Å². The molecule has 0 aliphatic carbocycles. The summed E-state index contributed by atoms with van der Waals surface area (Å²) in [7, 11) is 0. The van der Waals surface area contributed by atoms with Crippen LogP contribution in [0, 0.1) is 0 Å². The lowest BCUT2D eigenvalue weighted by Crippen LogP contribution is -2.15. The number of nitrogens with zero attached hydrogens (tertiary/aromatic N) is 1. The Labute approximate surface area is 102 Å². The predicted molar refractivity (Wildman–Crippen MR) is 65.6 cm³/mol. The molecule has 0 saturated heterocycles. The first-order valence-electron chi connectivity index (χ1n) is 5.26. The average molecular weight is 245 g/mol. The van der Waals surface area contributed by atoms with Gasteiger partial charge >= 0.3 is 5.97 Å². The molecule has 0 aliphatic heterocycles. The Balaban J connectivity index is 2.05. The number of carboxylic acid groups (broad SMARTS) is 1. The standard InChI is InChI=1S/C12H11N3O3/c16-11-10(13-5-6-14-11)15-7-8-1-3-9(4-2-8)12(17)18/h1-6H,7H2,(H,13,15)(H,14,16)(H,17,18). The molecule has 0 bridgehead atoms. The molecule has 1 aromatic carbocycles. The minimum Gasteiger partial charge on any atom is -0.478 e. The molecule has 92 valence electrons. The van der Waals surface area contributed by atoms with E-state index in [9.17, 15) is 9.59 Å². The molecule has 2 rings (SSSR count). The van der Waals surface area contributed by atoms with Crippen LogP contribution in [0.2, 0.25) is 0 Å². The lowest BCUT2D eigenvalue weighted by Gasteiger charge is -2.04. The Bertz CT molecular complexity index is 604. The van der Waals surface area contributed by atoms with E-state index in [1.54, 1.807) is 12.1 Å². The van der Waals surface area contributed by atoms with E-state index >= 15 is 0 Å². The van der Waals surface area contributed by atoms with Crippen molar-refractivity contribution in [1.29, 1.82) is 0 Å². The van der Waals surface area contributed by atoms with Gasteiger partial charge in [-0.05, 0) is 17.7 Å². The number of carbonyl (C=O) groups is 1. The second kappa shape index (κ2) is 5.13. The summed E-state index contributed by atoms with van der Waals surface area (Å²) in [5.41, 5.74) is 0.805. The van der Waals surface area contributed by atoms with Crippen LogP contribution in [0.5, 0.6) is 0 Å². The van der Waals surface area contributed by atoms with Gasteiger partial charge in [0, 0.05) is 18.9 Å². The first kappa shape index (κ1) is 11.8. The fourth-order valence-electron chi connectivity index (χ4n) is 1.43. The molecule has 6 nitrogen and oxygen atoms in total. The van der Waals surface area contributed by atoms with Gasteiger partial charge < -0.3 is 15.4 Å². The van der Waals surface area contributed by atoms with E-state index in [4.69, 9.17) is 5.11 Å². The summed E-state index contributed by atoms with van der Waals surface area (Å²) in [6.07, 6.45) is 2.94. The van der Waals surface area contributed by atoms with Gasteiger partial charge in [0.15, 0.2) is 5.82 Å². The van der Waals surface area contributed by atoms with Crippen molar-refractivity contribution in [2.24, 2.45) is 0 Å². The number of anilines is 1. The molecule has 2 aromatic rings. The molecule has 0 aliphatic rings. The van der Waals surface area contributed by atoms with Gasteiger partial charge in [0.25, 0.3) is 5.56 Å². The van der Waals surface area contributed by atoms with E-state index in [1.807, 2.05) is 0 Å². The van der Waals surface area contributed by atoms with Crippen LogP contribution in [0.15, 0.2) is 41.5 Å². The first-order chi connectivity index (χ1) is 8.66. The third-order valence-electron chi connectivity index (χ3n) is 2.37. The van der Waals surface area contributed by atoms with Gasteiger partial charge in [-0.25, -0.2) is 9.78 Å². The molecule has 0 unspecified atom stereocenters. The number of nitrogens with one attached hydrogen (secondary N) is 2. The van der Waals surface area contributed by atoms with Crippen LogP contribution in [0.3, 0.4) is 0 Å². The number of rotatable bonds is 4. The number of hydrogen-bond acceptors (Lipinski definition) is 4. The number of H-pyrrole nitrogens is 1. The lowest BCUT2D eigenvalue weighted by molar-refractivity contribution is 0.0697. The summed E-state index contributed by atoms with van der Waals surface area (Å²) in [5.74, 6) is -0.726. The predicted octanol–water partition coefficient (Wildman–Crippen LogP) is 1.08. The minimum absolute atomic E-state index is 0.231. The van der Waals surface area contributed by atoms with Crippen LogP contribution in [-0.4, -0.2) is 21.0 Å². The Morgan fingerprint density at radius 3 is 2.67 bits per heavy atom. The number of aromatic carboxylic acids is 1. The molecule has 1 heterocycles. The summed E-state index contributed by atoms with van der Waals surface area (Å²) >= 11 is 0. The molecule has 18 heavy (non-hydrogen) atoms. The first-order valence-corrected chi connectivity index (χ1v) is 5.26. The van der Waals surface area contributed by atoms with Crippen molar-refractivity contribution in [2.75, 3.05) is 5.32 Å². The normalized spacial score (nSPS) is 10.0. The highest BCUT2D eigenvalue weighted by Crippen LogP contribution is 2.05. The zero-order chi connectivity index (χ0) is 13.0. The second-order valence-corrected chi connectivity index (χ2v) is 3.62. The Kier molecular flexibility index (Phi) is 3.38. The SMILES string of the molecule is O=C(O)c1ccc(CNc2ncc[nH]c2=O)cc1. The Morgan fingerprint density at radius 2 is 2.06 bits per heavy atom. The zero-order valence-corrected chi connectivity index (χ0v) is 9.38. The van der Waals surface area contributed by atoms with Crippen molar-refractivity contribution in [3.8, 4) is 0 Å². The van der Waals surface area contributed by atoms with E-state index in [0.717, 1.165) is 5.56 Å². The van der Waals surface area contributed by atoms with Gasteiger partial charge in [-0.3, -0.25) is 4.79 Å². The van der Waals surface area contributed by atoms with Gasteiger partial charge in [-0.15, -0.1) is 0 Å². The van der Waals surface area contributed by atoms with Crippen molar-refractivity contribution in [2.45, 2.75) is 6.54 Å². The highest BCUT2D eigenvalue weighted by atomic mass is 16.4. The maximum absolute atomic E-state index is 11.3. The molecule has 0 amide bonds. The topological polar surface area (TPSA) is 95.1 Å². The summed E-state index contributed by atoms with van der Waals surface area (Å²) in [4.78, 5) is 28.4. The minimum atomic E-state index is -0.962. The molecule has 6 heteroatoms. The largest absolute Gasteiger partial charge is 0.478 e. The van der Waals surface area contributed by atoms with Crippen molar-refractivity contribution >= 4 is 11.8 Å². The van der Waals surface area contributed by atoms with Gasteiger partial charge in [-0.1, -0.05) is 12.1 Å². The van der Waals surface area contributed by atoms with Crippen molar-refractivity contribution in [1.82, 2.24) is 9.97 Å². The molecular formula is C12H11N3O3. The number of carboxylic acids is 1. The van der Waals surface area contributed by atoms with Gasteiger partial charge in [0.05, 0.1) is 5.56 Å². The summed E-state index contributed by atoms with van der Waals surface area (Å²) < 4.78 is 0. The summed E-state index contributed by atoms with van der Waals surface area (Å²) in [6, 6.07) is 6.41. The number of aromatic amines is 1. The van der Waals surface area contributed by atoms with Crippen LogP contribution in [-0.2, 0) is 6.54 Å². The number of benzene rings is 1. The van der Waals surface area contributed by atoms with Crippen molar-refractivity contribution in [3.05, 3.63) is 58.1 Å². The quantitative estimate of drug-likeness (QED) is 0.749. The second-order valence-electron chi connectivity index (χ2n) is 3.62.